The summed E-state index contributed by atoms with van der Waals surface area (Å²) in [7, 11) is 2.90. The van der Waals surface area contributed by atoms with Gasteiger partial charge >= 0.3 is 0 Å². The highest BCUT2D eigenvalue weighted by Crippen LogP contribution is 2.40. The number of amides is 2. The smallest absolute Gasteiger partial charge is 0.266 e. The molecule has 2 aromatic rings. The van der Waals surface area contributed by atoms with Crippen molar-refractivity contribution >= 4 is 29.1 Å². The van der Waals surface area contributed by atoms with Gasteiger partial charge in [0, 0.05) is 12.1 Å². The molecule has 0 bridgehead atoms. The number of halogens is 1. The molecular weight excluding hydrogens is 306 g/mol. The highest BCUT2D eigenvalue weighted by atomic mass is 35.5. The minimum absolute atomic E-state index is 0.301. The number of anilines is 1. The molecule has 0 atom stereocenters. The van der Waals surface area contributed by atoms with E-state index >= 15 is 0 Å². The number of fused-ring (bicyclic) bond motifs is 1. The summed E-state index contributed by atoms with van der Waals surface area (Å²) < 4.78 is 10.4. The summed E-state index contributed by atoms with van der Waals surface area (Å²) in [5, 5.41) is 0.333. The van der Waals surface area contributed by atoms with Gasteiger partial charge in [0.15, 0.2) is 0 Å². The second-order valence-electron chi connectivity index (χ2n) is 4.65. The van der Waals surface area contributed by atoms with Crippen molar-refractivity contribution < 1.29 is 19.1 Å². The predicted molar refractivity (Wildman–Crippen MR) is 82.1 cm³/mol. The first-order valence-electron chi connectivity index (χ1n) is 6.47. The molecule has 1 heterocycles. The van der Waals surface area contributed by atoms with E-state index in [4.69, 9.17) is 21.1 Å². The van der Waals surface area contributed by atoms with Gasteiger partial charge in [0.05, 0.1) is 36.1 Å². The highest BCUT2D eigenvalue weighted by Gasteiger charge is 2.38. The zero-order valence-electron chi connectivity index (χ0n) is 11.9. The maximum absolute atomic E-state index is 12.5. The third kappa shape index (κ3) is 2.02. The molecular formula is C16H12ClNO4. The summed E-state index contributed by atoms with van der Waals surface area (Å²) in [5.41, 5.74) is 1.03. The molecule has 5 nitrogen and oxygen atoms in total. The highest BCUT2D eigenvalue weighted by molar-refractivity contribution is 6.36. The Labute approximate surface area is 132 Å². The maximum Gasteiger partial charge on any atom is 0.266 e. The molecule has 2 amide bonds. The number of ether oxygens (including phenoxy) is 2. The maximum atomic E-state index is 12.5. The van der Waals surface area contributed by atoms with E-state index in [9.17, 15) is 9.59 Å². The van der Waals surface area contributed by atoms with Gasteiger partial charge in [0.25, 0.3) is 11.8 Å². The number of carbonyl (C=O) groups excluding carboxylic acids is 2. The average molecular weight is 318 g/mol. The van der Waals surface area contributed by atoms with Crippen molar-refractivity contribution in [2.24, 2.45) is 0 Å². The van der Waals surface area contributed by atoms with E-state index in [-0.39, 0.29) is 0 Å². The van der Waals surface area contributed by atoms with E-state index < -0.39 is 11.8 Å². The Bertz CT molecular complexity index is 753. The van der Waals surface area contributed by atoms with Gasteiger partial charge < -0.3 is 9.47 Å². The molecule has 0 aliphatic carbocycles. The van der Waals surface area contributed by atoms with Crippen LogP contribution in [-0.4, -0.2) is 26.0 Å². The van der Waals surface area contributed by atoms with Crippen LogP contribution in [0.3, 0.4) is 0 Å². The monoisotopic (exact) mass is 317 g/mol. The Morgan fingerprint density at radius 3 is 1.95 bits per heavy atom. The lowest BCUT2D eigenvalue weighted by molar-refractivity contribution is 0.0925. The van der Waals surface area contributed by atoms with Crippen LogP contribution in [0.5, 0.6) is 11.5 Å². The molecule has 2 aromatic carbocycles. The quantitative estimate of drug-likeness (QED) is 0.816. The first kappa shape index (κ1) is 14.4. The summed E-state index contributed by atoms with van der Waals surface area (Å²) >= 11 is 6.06. The second kappa shape index (κ2) is 5.35. The SMILES string of the molecule is COc1cc(N2C(=O)c3ccccc3C2=O)c(OC)cc1Cl. The Morgan fingerprint density at radius 2 is 1.45 bits per heavy atom. The summed E-state index contributed by atoms with van der Waals surface area (Å²) in [5.74, 6) is -0.124. The molecule has 0 N–H and O–H groups in total. The van der Waals surface area contributed by atoms with Crippen molar-refractivity contribution in [1.82, 2.24) is 0 Å². The molecule has 22 heavy (non-hydrogen) atoms. The van der Waals surface area contributed by atoms with Gasteiger partial charge in [-0.25, -0.2) is 4.90 Å². The topological polar surface area (TPSA) is 55.8 Å². The number of methoxy groups -OCH3 is 2. The lowest BCUT2D eigenvalue weighted by Crippen LogP contribution is -2.29. The molecule has 6 heteroatoms. The van der Waals surface area contributed by atoms with E-state index in [1.54, 1.807) is 24.3 Å². The van der Waals surface area contributed by atoms with Crippen LogP contribution in [0.2, 0.25) is 5.02 Å². The molecule has 1 aliphatic rings. The van der Waals surface area contributed by atoms with Crippen LogP contribution in [0.15, 0.2) is 36.4 Å². The number of carbonyl (C=O) groups is 2. The van der Waals surface area contributed by atoms with E-state index in [0.717, 1.165) is 4.90 Å². The molecule has 0 unspecified atom stereocenters. The standard InChI is InChI=1S/C16H12ClNO4/c1-21-13-8-12(14(22-2)7-11(13)17)18-15(19)9-5-3-4-6-10(9)16(18)20/h3-8H,1-2H3. The van der Waals surface area contributed by atoms with Crippen molar-refractivity contribution in [3.63, 3.8) is 0 Å². The molecule has 0 fully saturated rings. The number of imide groups is 1. The van der Waals surface area contributed by atoms with E-state index in [0.29, 0.717) is 33.3 Å². The Balaban J connectivity index is 2.17. The first-order chi connectivity index (χ1) is 10.6. The van der Waals surface area contributed by atoms with Gasteiger partial charge in [-0.3, -0.25) is 9.59 Å². The molecule has 0 aromatic heterocycles. The van der Waals surface area contributed by atoms with Crippen molar-refractivity contribution in [3.8, 4) is 11.5 Å². The van der Waals surface area contributed by atoms with E-state index in [1.807, 2.05) is 0 Å². The van der Waals surface area contributed by atoms with Crippen LogP contribution >= 0.6 is 11.6 Å². The van der Waals surface area contributed by atoms with Gasteiger partial charge in [-0.05, 0) is 12.1 Å². The first-order valence-corrected chi connectivity index (χ1v) is 6.85. The van der Waals surface area contributed by atoms with Gasteiger partial charge in [0.1, 0.15) is 11.5 Å². The van der Waals surface area contributed by atoms with E-state index in [1.165, 1.54) is 26.4 Å². The molecule has 112 valence electrons. The minimum Gasteiger partial charge on any atom is -0.495 e. The van der Waals surface area contributed by atoms with Crippen molar-refractivity contribution in [1.29, 1.82) is 0 Å². The largest absolute Gasteiger partial charge is 0.495 e. The molecule has 3 rings (SSSR count). The normalized spacial score (nSPS) is 13.3. The van der Waals surface area contributed by atoms with Crippen LogP contribution in [0, 0.1) is 0 Å². The van der Waals surface area contributed by atoms with Crippen LogP contribution in [0.4, 0.5) is 5.69 Å². The zero-order chi connectivity index (χ0) is 15.9. The minimum atomic E-state index is -0.400. The van der Waals surface area contributed by atoms with Gasteiger partial charge in [-0.15, -0.1) is 0 Å². The lowest BCUT2D eigenvalue weighted by atomic mass is 10.1. The summed E-state index contributed by atoms with van der Waals surface area (Å²) in [6.45, 7) is 0. The summed E-state index contributed by atoms with van der Waals surface area (Å²) in [4.78, 5) is 26.1. The van der Waals surface area contributed by atoms with Crippen molar-refractivity contribution in [2.75, 3.05) is 19.1 Å². The van der Waals surface area contributed by atoms with Crippen LogP contribution in [-0.2, 0) is 0 Å². The lowest BCUT2D eigenvalue weighted by Gasteiger charge is -2.19. The van der Waals surface area contributed by atoms with Crippen molar-refractivity contribution in [3.05, 3.63) is 52.5 Å². The Morgan fingerprint density at radius 1 is 0.909 bits per heavy atom. The molecule has 1 aliphatic heterocycles. The zero-order valence-corrected chi connectivity index (χ0v) is 12.7. The second-order valence-corrected chi connectivity index (χ2v) is 5.06. The van der Waals surface area contributed by atoms with E-state index in [2.05, 4.69) is 0 Å². The predicted octanol–water partition coefficient (Wildman–Crippen LogP) is 3.16. The number of hydrogen-bond acceptors (Lipinski definition) is 4. The third-order valence-electron chi connectivity index (χ3n) is 3.49. The number of hydrogen-bond donors (Lipinski definition) is 0. The Kier molecular flexibility index (Phi) is 3.50. The number of rotatable bonds is 3. The van der Waals surface area contributed by atoms with Gasteiger partial charge in [0.2, 0.25) is 0 Å². The van der Waals surface area contributed by atoms with Gasteiger partial charge in [-0.2, -0.15) is 0 Å². The number of nitrogens with zero attached hydrogens (tertiary/aromatic N) is 1. The molecule has 0 spiro atoms. The Hall–Kier alpha value is -2.53. The van der Waals surface area contributed by atoms with Crippen LogP contribution < -0.4 is 14.4 Å². The molecule has 0 saturated carbocycles. The summed E-state index contributed by atoms with van der Waals surface area (Å²) in [6, 6.07) is 9.70. The third-order valence-corrected chi connectivity index (χ3v) is 3.78. The van der Waals surface area contributed by atoms with Crippen molar-refractivity contribution in [2.45, 2.75) is 0 Å². The van der Waals surface area contributed by atoms with Crippen LogP contribution in [0.1, 0.15) is 20.7 Å². The fourth-order valence-electron chi connectivity index (χ4n) is 2.43. The number of benzene rings is 2. The summed E-state index contributed by atoms with van der Waals surface area (Å²) in [6.07, 6.45) is 0. The fourth-order valence-corrected chi connectivity index (χ4v) is 2.66. The average Bonchev–Trinajstić information content (AvgIpc) is 2.79. The van der Waals surface area contributed by atoms with Gasteiger partial charge in [-0.1, -0.05) is 23.7 Å². The fraction of sp³-hybridized carbons (Fsp3) is 0.125. The molecule has 0 saturated heterocycles. The van der Waals surface area contributed by atoms with Crippen LogP contribution in [0.25, 0.3) is 0 Å². The molecule has 0 radical (unpaired) electrons.